The Kier molecular flexibility index (Phi) is 3.55. The molecule has 0 aliphatic heterocycles. The molecular weight excluding hydrogens is 272 g/mol. The number of rotatable bonds is 4. The molecule has 6 nitrogen and oxygen atoms in total. The molecule has 1 aromatic heterocycles. The Morgan fingerprint density at radius 2 is 2.00 bits per heavy atom. The monoisotopic (exact) mass is 290 g/mol. The zero-order valence-corrected chi connectivity index (χ0v) is 11.9. The van der Waals surface area contributed by atoms with Gasteiger partial charge in [0.2, 0.25) is 5.82 Å². The van der Waals surface area contributed by atoms with Crippen molar-refractivity contribution in [3.05, 3.63) is 24.0 Å². The van der Waals surface area contributed by atoms with Crippen LogP contribution in [-0.4, -0.2) is 27.0 Å². The summed E-state index contributed by atoms with van der Waals surface area (Å²) in [5.74, 6) is 0.475. The van der Waals surface area contributed by atoms with Gasteiger partial charge in [0.05, 0.1) is 0 Å². The summed E-state index contributed by atoms with van der Waals surface area (Å²) in [5.41, 5.74) is 0.115. The maximum absolute atomic E-state index is 9.55. The molecule has 2 N–H and O–H groups in total. The molecule has 1 aliphatic rings. The average molecular weight is 290 g/mol. The van der Waals surface area contributed by atoms with Crippen molar-refractivity contribution in [2.75, 3.05) is 6.61 Å². The molecule has 0 bridgehead atoms. The van der Waals surface area contributed by atoms with Gasteiger partial charge in [0.15, 0.2) is 11.5 Å². The molecule has 2 aromatic rings. The molecule has 3 rings (SSSR count). The highest BCUT2D eigenvalue weighted by atomic mass is 16.5. The van der Waals surface area contributed by atoms with Gasteiger partial charge in [-0.3, -0.25) is 0 Å². The first kappa shape index (κ1) is 13.9. The number of benzene rings is 1. The van der Waals surface area contributed by atoms with E-state index in [0.29, 0.717) is 23.9 Å². The van der Waals surface area contributed by atoms with Gasteiger partial charge in [-0.2, -0.15) is 4.98 Å². The van der Waals surface area contributed by atoms with Crippen LogP contribution in [0.5, 0.6) is 11.5 Å². The van der Waals surface area contributed by atoms with Crippen molar-refractivity contribution < 1.29 is 19.5 Å². The molecule has 0 saturated heterocycles. The number of aromatic hydroxyl groups is 2. The minimum atomic E-state index is -0.449. The van der Waals surface area contributed by atoms with Crippen LogP contribution in [0.1, 0.15) is 38.4 Å². The molecule has 6 heteroatoms. The van der Waals surface area contributed by atoms with Crippen molar-refractivity contribution in [2.24, 2.45) is 0 Å². The molecule has 0 amide bonds. The summed E-state index contributed by atoms with van der Waals surface area (Å²) < 4.78 is 11.2. The summed E-state index contributed by atoms with van der Waals surface area (Å²) in [6, 6.07) is 4.41. The van der Waals surface area contributed by atoms with E-state index in [9.17, 15) is 10.2 Å². The predicted octanol–water partition coefficient (Wildman–Crippen LogP) is 2.95. The van der Waals surface area contributed by atoms with E-state index >= 15 is 0 Å². The maximum Gasteiger partial charge on any atom is 0.258 e. The van der Waals surface area contributed by atoms with E-state index in [-0.39, 0.29) is 11.5 Å². The van der Waals surface area contributed by atoms with E-state index in [2.05, 4.69) is 10.1 Å². The van der Waals surface area contributed by atoms with E-state index in [1.54, 1.807) is 6.07 Å². The zero-order chi connectivity index (χ0) is 14.9. The van der Waals surface area contributed by atoms with Crippen LogP contribution < -0.4 is 0 Å². The third-order valence-corrected chi connectivity index (χ3v) is 3.89. The standard InChI is InChI=1S/C15H18N2O4/c1-2-20-15(7-3-4-8-15)14-16-13(21-17-14)10-5-6-11(18)12(19)9-10/h5-6,9,18-19H,2-4,7-8H2,1H3. The third kappa shape index (κ3) is 2.47. The quantitative estimate of drug-likeness (QED) is 0.842. The molecule has 0 spiro atoms. The molecule has 21 heavy (non-hydrogen) atoms. The molecule has 1 aliphatic carbocycles. The first-order valence-electron chi connectivity index (χ1n) is 7.15. The lowest BCUT2D eigenvalue weighted by atomic mass is 10.0. The topological polar surface area (TPSA) is 88.6 Å². The van der Waals surface area contributed by atoms with Gasteiger partial charge in [0, 0.05) is 12.2 Å². The SMILES string of the molecule is CCOC1(c2noc(-c3ccc(O)c(O)c3)n2)CCCC1. The molecule has 0 unspecified atom stereocenters. The van der Waals surface area contributed by atoms with E-state index in [1.165, 1.54) is 12.1 Å². The van der Waals surface area contributed by atoms with E-state index in [1.807, 2.05) is 6.92 Å². The number of phenols is 2. The third-order valence-electron chi connectivity index (χ3n) is 3.89. The second-order valence-corrected chi connectivity index (χ2v) is 5.26. The minimum absolute atomic E-state index is 0.180. The lowest BCUT2D eigenvalue weighted by Crippen LogP contribution is -2.27. The van der Waals surface area contributed by atoms with Crippen molar-refractivity contribution in [1.29, 1.82) is 0 Å². The fourth-order valence-electron chi connectivity index (χ4n) is 2.84. The van der Waals surface area contributed by atoms with Crippen LogP contribution in [0.4, 0.5) is 0 Å². The Morgan fingerprint density at radius 1 is 1.24 bits per heavy atom. The summed E-state index contributed by atoms with van der Waals surface area (Å²) >= 11 is 0. The van der Waals surface area contributed by atoms with Gasteiger partial charge in [-0.1, -0.05) is 5.16 Å². The number of ether oxygens (including phenoxy) is 1. The fraction of sp³-hybridized carbons (Fsp3) is 0.467. The van der Waals surface area contributed by atoms with Gasteiger partial charge in [-0.15, -0.1) is 0 Å². The highest BCUT2D eigenvalue weighted by Gasteiger charge is 2.40. The number of phenolic OH excluding ortho intramolecular Hbond substituents is 2. The van der Waals surface area contributed by atoms with Crippen molar-refractivity contribution in [2.45, 2.75) is 38.2 Å². The first-order valence-corrected chi connectivity index (χ1v) is 7.15. The second kappa shape index (κ2) is 5.37. The summed E-state index contributed by atoms with van der Waals surface area (Å²) in [4.78, 5) is 4.43. The Bertz CT molecular complexity index is 632. The van der Waals surface area contributed by atoms with Gasteiger partial charge in [-0.05, 0) is 50.8 Å². The molecule has 1 saturated carbocycles. The van der Waals surface area contributed by atoms with Gasteiger partial charge in [0.1, 0.15) is 5.60 Å². The van der Waals surface area contributed by atoms with Crippen molar-refractivity contribution >= 4 is 0 Å². The van der Waals surface area contributed by atoms with Crippen LogP contribution in [0, 0.1) is 0 Å². The zero-order valence-electron chi connectivity index (χ0n) is 11.9. The number of aromatic nitrogens is 2. The lowest BCUT2D eigenvalue weighted by molar-refractivity contribution is -0.0469. The van der Waals surface area contributed by atoms with Crippen molar-refractivity contribution in [3.63, 3.8) is 0 Å². The Labute approximate surface area is 122 Å². The summed E-state index contributed by atoms with van der Waals surface area (Å²) in [6.45, 7) is 2.56. The maximum atomic E-state index is 9.55. The normalized spacial score (nSPS) is 17.2. The van der Waals surface area contributed by atoms with Gasteiger partial charge in [-0.25, -0.2) is 0 Å². The fourth-order valence-corrected chi connectivity index (χ4v) is 2.84. The predicted molar refractivity (Wildman–Crippen MR) is 74.8 cm³/mol. The second-order valence-electron chi connectivity index (χ2n) is 5.26. The minimum Gasteiger partial charge on any atom is -0.504 e. The summed E-state index contributed by atoms with van der Waals surface area (Å²) in [7, 11) is 0. The molecular formula is C15H18N2O4. The Hall–Kier alpha value is -2.08. The number of hydrogen-bond acceptors (Lipinski definition) is 6. The van der Waals surface area contributed by atoms with Gasteiger partial charge in [0.25, 0.3) is 5.89 Å². The summed E-state index contributed by atoms with van der Waals surface area (Å²) in [6.07, 6.45) is 3.95. The molecule has 0 radical (unpaired) electrons. The average Bonchev–Trinajstić information content (AvgIpc) is 3.12. The Balaban J connectivity index is 1.93. The highest BCUT2D eigenvalue weighted by molar-refractivity contribution is 5.59. The van der Waals surface area contributed by atoms with Crippen LogP contribution in [0.2, 0.25) is 0 Å². The van der Waals surface area contributed by atoms with Gasteiger partial charge < -0.3 is 19.5 Å². The lowest BCUT2D eigenvalue weighted by Gasteiger charge is -2.24. The van der Waals surface area contributed by atoms with Crippen LogP contribution in [0.25, 0.3) is 11.5 Å². The smallest absolute Gasteiger partial charge is 0.258 e. The van der Waals surface area contributed by atoms with Crippen LogP contribution in [0.3, 0.4) is 0 Å². The Morgan fingerprint density at radius 3 is 2.67 bits per heavy atom. The van der Waals surface area contributed by atoms with E-state index < -0.39 is 5.60 Å². The molecule has 1 heterocycles. The van der Waals surface area contributed by atoms with E-state index in [0.717, 1.165) is 25.7 Å². The molecule has 0 atom stereocenters. The summed E-state index contributed by atoms with van der Waals surface area (Å²) in [5, 5.41) is 23.0. The number of nitrogens with zero attached hydrogens (tertiary/aromatic N) is 2. The largest absolute Gasteiger partial charge is 0.504 e. The molecule has 112 valence electrons. The first-order chi connectivity index (χ1) is 10.1. The van der Waals surface area contributed by atoms with Crippen molar-refractivity contribution in [1.82, 2.24) is 10.1 Å². The van der Waals surface area contributed by atoms with Crippen molar-refractivity contribution in [3.8, 4) is 23.0 Å². The van der Waals surface area contributed by atoms with Crippen LogP contribution >= 0.6 is 0 Å². The number of hydrogen-bond donors (Lipinski definition) is 2. The highest BCUT2D eigenvalue weighted by Crippen LogP contribution is 2.41. The van der Waals surface area contributed by atoms with Gasteiger partial charge >= 0.3 is 0 Å². The van der Waals surface area contributed by atoms with E-state index in [4.69, 9.17) is 9.26 Å². The van der Waals surface area contributed by atoms with Crippen LogP contribution in [0.15, 0.2) is 22.7 Å². The molecule has 1 aromatic carbocycles. The molecule has 1 fully saturated rings. The van der Waals surface area contributed by atoms with Crippen LogP contribution in [-0.2, 0) is 10.3 Å².